The number of thiazole rings is 1. The molecule has 2 saturated heterocycles. The minimum Gasteiger partial charge on any atom is -0.507 e. The molecule has 2 fully saturated rings. The van der Waals surface area contributed by atoms with Crippen LogP contribution in [0.1, 0.15) is 75.1 Å². The number of hydrogen-bond donors (Lipinski definition) is 4. The van der Waals surface area contributed by atoms with Gasteiger partial charge in [-0.3, -0.25) is 19.1 Å². The molecule has 1 unspecified atom stereocenters. The highest BCUT2D eigenvalue weighted by Gasteiger charge is 2.43. The van der Waals surface area contributed by atoms with Gasteiger partial charge in [0.2, 0.25) is 11.8 Å². The van der Waals surface area contributed by atoms with Crippen LogP contribution in [0.3, 0.4) is 0 Å². The zero-order chi connectivity index (χ0) is 42.9. The van der Waals surface area contributed by atoms with E-state index in [2.05, 4.69) is 30.8 Å². The fraction of sp³-hybridized carbons (Fsp3) is 0.395. The van der Waals surface area contributed by atoms with Crippen molar-refractivity contribution in [3.05, 3.63) is 83.2 Å². The number of carbonyl (C=O) groups excluding carboxylic acids is 3. The Bertz CT molecular complexity index is 2550. The van der Waals surface area contributed by atoms with Gasteiger partial charge in [-0.15, -0.1) is 21.5 Å². The number of nitrogens with one attached hydrogen (secondary N) is 1. The van der Waals surface area contributed by atoms with Gasteiger partial charge in [-0.25, -0.2) is 4.98 Å². The molecule has 4 aromatic heterocycles. The number of likely N-dealkylation sites (tertiary alicyclic amines) is 2. The molecule has 0 spiro atoms. The molecule has 4 atom stereocenters. The van der Waals surface area contributed by atoms with Crippen molar-refractivity contribution in [2.24, 2.45) is 5.92 Å². The lowest BCUT2D eigenvalue weighted by Gasteiger charge is -2.32. The number of anilines is 1. The van der Waals surface area contributed by atoms with Crippen molar-refractivity contribution in [2.45, 2.75) is 77.1 Å². The van der Waals surface area contributed by atoms with Crippen LogP contribution in [0.5, 0.6) is 11.6 Å². The van der Waals surface area contributed by atoms with E-state index in [1.165, 1.54) is 11.0 Å². The van der Waals surface area contributed by atoms with Crippen LogP contribution in [0.25, 0.3) is 32.7 Å². The van der Waals surface area contributed by atoms with Crippen molar-refractivity contribution in [3.8, 4) is 33.3 Å². The minimum atomic E-state index is -0.884. The van der Waals surface area contributed by atoms with Crippen LogP contribution in [-0.2, 0) is 14.4 Å². The number of aromatic nitrogens is 6. The second kappa shape index (κ2) is 17.3. The molecule has 318 valence electrons. The van der Waals surface area contributed by atoms with E-state index >= 15 is 0 Å². The van der Waals surface area contributed by atoms with Crippen molar-refractivity contribution in [2.75, 3.05) is 32.0 Å². The average molecular weight is 849 g/mol. The number of aromatic hydroxyl groups is 1. The molecule has 2 aliphatic heterocycles. The monoisotopic (exact) mass is 848 g/mol. The van der Waals surface area contributed by atoms with Crippen LogP contribution in [0.15, 0.2) is 70.7 Å². The van der Waals surface area contributed by atoms with Gasteiger partial charge in [0.05, 0.1) is 45.5 Å². The third-order valence-electron chi connectivity index (χ3n) is 11.6. The highest BCUT2D eigenvalue weighted by atomic mass is 32.1. The van der Waals surface area contributed by atoms with E-state index in [0.717, 1.165) is 21.7 Å². The summed E-state index contributed by atoms with van der Waals surface area (Å²) in [4.78, 5) is 49.7. The van der Waals surface area contributed by atoms with E-state index in [1.807, 2.05) is 74.3 Å². The first-order valence-corrected chi connectivity index (χ1v) is 21.2. The lowest BCUT2D eigenvalue weighted by atomic mass is 9.91. The number of aryl methyl sites for hydroxylation is 1. The predicted molar refractivity (Wildman–Crippen MR) is 226 cm³/mol. The van der Waals surface area contributed by atoms with Crippen LogP contribution in [0.4, 0.5) is 5.82 Å². The highest BCUT2D eigenvalue weighted by molar-refractivity contribution is 7.13. The number of amides is 3. The number of phenols is 1. The van der Waals surface area contributed by atoms with Gasteiger partial charge in [0, 0.05) is 37.7 Å². The van der Waals surface area contributed by atoms with E-state index in [0.29, 0.717) is 48.2 Å². The molecule has 0 radical (unpaired) electrons. The molecule has 18 heteroatoms. The number of piperidine rings is 1. The number of phenolic OH excluding ortho intramolecular Hbond substituents is 1. The second-order valence-corrected chi connectivity index (χ2v) is 16.9. The van der Waals surface area contributed by atoms with Gasteiger partial charge in [-0.1, -0.05) is 50.2 Å². The number of aliphatic hydroxyl groups is 1. The number of hydrogen-bond acceptors (Lipinski definition) is 14. The molecule has 0 saturated carbocycles. The summed E-state index contributed by atoms with van der Waals surface area (Å²) in [5.41, 5.74) is 13.1. The maximum Gasteiger partial charge on any atom is 0.260 e. The van der Waals surface area contributed by atoms with Gasteiger partial charge in [-0.2, -0.15) is 5.10 Å². The Morgan fingerprint density at radius 1 is 1.05 bits per heavy atom. The summed E-state index contributed by atoms with van der Waals surface area (Å²) in [5, 5.41) is 41.2. The van der Waals surface area contributed by atoms with Crippen molar-refractivity contribution >= 4 is 45.9 Å². The fourth-order valence-corrected chi connectivity index (χ4v) is 9.06. The van der Waals surface area contributed by atoms with Crippen molar-refractivity contribution < 1.29 is 33.9 Å². The predicted octanol–water partition coefficient (Wildman–Crippen LogP) is 5.02. The van der Waals surface area contributed by atoms with Gasteiger partial charge in [-0.05, 0) is 67.1 Å². The first-order valence-electron chi connectivity index (χ1n) is 20.3. The summed E-state index contributed by atoms with van der Waals surface area (Å²) in [6.45, 7) is 8.17. The molecule has 8 rings (SSSR count). The number of nitrogens with zero attached hydrogens (tertiary/aromatic N) is 8. The molecule has 6 heterocycles. The topological polar surface area (TPSA) is 228 Å². The number of nitrogen functional groups attached to an aromatic ring is 1. The number of rotatable bonds is 12. The number of ether oxygens (including phenoxy) is 1. The molecule has 17 nitrogen and oxygen atoms in total. The fourth-order valence-electron chi connectivity index (χ4n) is 8.24. The zero-order valence-corrected chi connectivity index (χ0v) is 35.1. The van der Waals surface area contributed by atoms with E-state index in [4.69, 9.17) is 15.0 Å². The summed E-state index contributed by atoms with van der Waals surface area (Å²) in [6.07, 6.45) is 0.438. The number of nitrogens with two attached hydrogens (primary N) is 1. The summed E-state index contributed by atoms with van der Waals surface area (Å²) in [5.74, 6) is -1.44. The largest absolute Gasteiger partial charge is 0.507 e. The van der Waals surface area contributed by atoms with Crippen molar-refractivity contribution in [3.63, 3.8) is 0 Å². The Hall–Kier alpha value is -6.40. The Morgan fingerprint density at radius 2 is 1.80 bits per heavy atom. The summed E-state index contributed by atoms with van der Waals surface area (Å²) < 4.78 is 13.2. The van der Waals surface area contributed by atoms with Crippen LogP contribution in [0, 0.1) is 12.8 Å². The van der Waals surface area contributed by atoms with Crippen LogP contribution < -0.4 is 15.8 Å². The summed E-state index contributed by atoms with van der Waals surface area (Å²) in [6, 6.07) is 16.9. The standard InChI is InChI=1S/C43H48N10O7S/c1-23(2)38(43(58)52-20-29(54)17-33(52)42(57)46-24(3)26-9-11-27(12-10-26)40-25(4)45-22-61-40)35-19-36(50-60-35)59-21-37(56)51-15-13-28(14-16-51)53-32-18-31(30-7-5-6-8-34(30)55)47-48-39(32)41(44)49-53/h5-12,18-19,22-24,28-29,33,38,54-55H,13-17,20-21H2,1-4H3,(H2,44,49)(H,46,57)/t24-,29+,33-,38?/m0/s1. The second-order valence-electron chi connectivity index (χ2n) is 16.0. The smallest absolute Gasteiger partial charge is 0.260 e. The maximum atomic E-state index is 14.2. The van der Waals surface area contributed by atoms with Crippen LogP contribution in [-0.4, -0.2) is 106 Å². The lowest BCUT2D eigenvalue weighted by Crippen LogP contribution is -2.48. The third-order valence-corrected chi connectivity index (χ3v) is 12.5. The van der Waals surface area contributed by atoms with Gasteiger partial charge in [0.1, 0.15) is 17.7 Å². The molecule has 6 aromatic rings. The quantitative estimate of drug-likeness (QED) is 0.127. The summed E-state index contributed by atoms with van der Waals surface area (Å²) in [7, 11) is 0. The third kappa shape index (κ3) is 8.50. The normalized spacial score (nSPS) is 18.1. The lowest BCUT2D eigenvalue weighted by molar-refractivity contribution is -0.141. The van der Waals surface area contributed by atoms with Crippen LogP contribution in [0.2, 0.25) is 0 Å². The number of β-amino-alcohol motifs (C(OH)–C–C–N with tert-alkyl or cyclic N) is 1. The SMILES string of the molecule is Cc1ncsc1-c1ccc([C@H](C)NC(=O)[C@@H]2C[C@@H](O)CN2C(=O)C(c2cc(OCC(=O)N3CCC(n4nc(N)c5nnc(-c6ccccc6O)cc54)CC3)no2)C(C)C)cc1. The molecule has 0 bridgehead atoms. The zero-order valence-electron chi connectivity index (χ0n) is 34.3. The highest BCUT2D eigenvalue weighted by Crippen LogP contribution is 2.35. The Balaban J connectivity index is 0.865. The molecule has 3 amide bonds. The first-order chi connectivity index (χ1) is 29.4. The number of aliphatic hydroxyl groups excluding tert-OH is 1. The van der Waals surface area contributed by atoms with Crippen molar-refractivity contribution in [1.29, 1.82) is 0 Å². The number of carbonyl (C=O) groups is 3. The molecule has 5 N–H and O–H groups in total. The first kappa shape index (κ1) is 41.3. The Labute approximate surface area is 355 Å². The van der Waals surface area contributed by atoms with Gasteiger partial charge in [0.15, 0.2) is 23.7 Å². The van der Waals surface area contributed by atoms with E-state index in [9.17, 15) is 24.6 Å². The molecule has 61 heavy (non-hydrogen) atoms. The number of benzene rings is 2. The number of fused-ring (bicyclic) bond motifs is 1. The minimum absolute atomic E-state index is 0.00249. The molecule has 2 aromatic carbocycles. The maximum absolute atomic E-state index is 14.2. The molecule has 0 aliphatic carbocycles. The Morgan fingerprint density at radius 3 is 2.51 bits per heavy atom. The van der Waals surface area contributed by atoms with Gasteiger partial charge in [0.25, 0.3) is 11.8 Å². The van der Waals surface area contributed by atoms with E-state index in [-0.39, 0.29) is 78.5 Å². The van der Waals surface area contributed by atoms with Gasteiger partial charge >= 0.3 is 0 Å². The Kier molecular flexibility index (Phi) is 11.7. The average Bonchev–Trinajstić information content (AvgIpc) is 4.07. The van der Waals surface area contributed by atoms with E-state index in [1.54, 1.807) is 34.4 Å². The number of para-hydroxylation sites is 1. The molecular formula is C43H48N10O7S. The summed E-state index contributed by atoms with van der Waals surface area (Å²) >= 11 is 1.57. The van der Waals surface area contributed by atoms with Crippen molar-refractivity contribution in [1.82, 2.24) is 45.2 Å². The van der Waals surface area contributed by atoms with Crippen LogP contribution >= 0.6 is 11.3 Å². The van der Waals surface area contributed by atoms with Gasteiger partial charge < -0.3 is 40.3 Å². The molecule has 2 aliphatic rings. The molecular weight excluding hydrogens is 801 g/mol. The van der Waals surface area contributed by atoms with E-state index < -0.39 is 18.1 Å².